The van der Waals surface area contributed by atoms with E-state index in [9.17, 15) is 9.59 Å². The predicted octanol–water partition coefficient (Wildman–Crippen LogP) is 0.819. The van der Waals surface area contributed by atoms with Crippen molar-refractivity contribution in [3.8, 4) is 0 Å². The van der Waals surface area contributed by atoms with E-state index in [0.29, 0.717) is 6.54 Å². The van der Waals surface area contributed by atoms with Crippen molar-refractivity contribution in [2.45, 2.75) is 32.4 Å². The molecular formula is C15H24N4O2. The maximum Gasteiger partial charge on any atom is 0.312 e. The monoisotopic (exact) mass is 292 g/mol. The molecule has 0 aliphatic carbocycles. The van der Waals surface area contributed by atoms with Gasteiger partial charge >= 0.3 is 6.03 Å². The maximum atomic E-state index is 12.0. The Balaban J connectivity index is 2.70. The molecule has 6 nitrogen and oxygen atoms in total. The first-order valence-electron chi connectivity index (χ1n) is 6.99. The van der Waals surface area contributed by atoms with E-state index in [1.54, 1.807) is 0 Å². The van der Waals surface area contributed by atoms with Crippen LogP contribution in [0.2, 0.25) is 0 Å². The zero-order valence-corrected chi connectivity index (χ0v) is 12.8. The highest BCUT2D eigenvalue weighted by Crippen LogP contribution is 2.17. The van der Waals surface area contributed by atoms with Gasteiger partial charge in [0.1, 0.15) is 0 Å². The van der Waals surface area contributed by atoms with Gasteiger partial charge in [-0.2, -0.15) is 0 Å². The number of benzene rings is 1. The molecule has 3 amide bonds. The van der Waals surface area contributed by atoms with Crippen LogP contribution in [-0.2, 0) is 4.79 Å². The van der Waals surface area contributed by atoms with Crippen LogP contribution in [0.25, 0.3) is 0 Å². The van der Waals surface area contributed by atoms with Gasteiger partial charge in [-0.05, 0) is 26.5 Å². The summed E-state index contributed by atoms with van der Waals surface area (Å²) in [4.78, 5) is 23.1. The van der Waals surface area contributed by atoms with Gasteiger partial charge in [-0.25, -0.2) is 4.79 Å². The highest BCUT2D eigenvalue weighted by molar-refractivity contribution is 5.78. The Morgan fingerprint density at radius 3 is 2.62 bits per heavy atom. The molecule has 0 fully saturated rings. The van der Waals surface area contributed by atoms with Crippen molar-refractivity contribution in [2.75, 3.05) is 13.6 Å². The average Bonchev–Trinajstić information content (AvgIpc) is 2.43. The molecule has 116 valence electrons. The number of carbonyl (C=O) groups is 2. The summed E-state index contributed by atoms with van der Waals surface area (Å²) < 4.78 is 0. The summed E-state index contributed by atoms with van der Waals surface area (Å²) in [5, 5.41) is 8.49. The summed E-state index contributed by atoms with van der Waals surface area (Å²) >= 11 is 0. The smallest absolute Gasteiger partial charge is 0.312 e. The molecule has 6 heteroatoms. The lowest BCUT2D eigenvalue weighted by atomic mass is 10.0. The summed E-state index contributed by atoms with van der Waals surface area (Å²) in [6, 6.07) is 6.78. The Labute approximate surface area is 125 Å². The molecule has 1 rings (SSSR count). The van der Waals surface area contributed by atoms with E-state index < -0.39 is 12.1 Å². The average molecular weight is 292 g/mol. The van der Waals surface area contributed by atoms with Crippen molar-refractivity contribution in [1.29, 1.82) is 0 Å². The molecule has 0 aliphatic rings. The number of rotatable bonds is 7. The Morgan fingerprint density at radius 1 is 1.33 bits per heavy atom. The number of primary amides is 1. The number of aryl methyl sites for hydroxylation is 1. The van der Waals surface area contributed by atoms with Gasteiger partial charge < -0.3 is 21.7 Å². The molecule has 0 aliphatic heterocycles. The first-order chi connectivity index (χ1) is 9.92. The zero-order chi connectivity index (χ0) is 15.8. The number of hydrogen-bond donors (Lipinski definition) is 4. The van der Waals surface area contributed by atoms with Crippen LogP contribution in [0.15, 0.2) is 24.3 Å². The number of nitrogens with one attached hydrogen (secondary N) is 3. The van der Waals surface area contributed by atoms with Gasteiger partial charge in [0.25, 0.3) is 0 Å². The molecule has 1 aromatic carbocycles. The lowest BCUT2D eigenvalue weighted by molar-refractivity contribution is -0.121. The van der Waals surface area contributed by atoms with Gasteiger partial charge in [0, 0.05) is 12.6 Å². The fourth-order valence-corrected chi connectivity index (χ4v) is 1.94. The molecule has 0 heterocycles. The number of nitrogens with two attached hydrogens (primary N) is 1. The van der Waals surface area contributed by atoms with Crippen LogP contribution in [0.5, 0.6) is 0 Å². The molecule has 0 spiro atoms. The minimum absolute atomic E-state index is 0.127. The fourth-order valence-electron chi connectivity index (χ4n) is 1.94. The van der Waals surface area contributed by atoms with Crippen LogP contribution < -0.4 is 21.7 Å². The third-order valence-electron chi connectivity index (χ3n) is 3.25. The zero-order valence-electron chi connectivity index (χ0n) is 12.8. The Hall–Kier alpha value is -2.08. The van der Waals surface area contributed by atoms with Gasteiger partial charge in [-0.3, -0.25) is 4.79 Å². The Bertz CT molecular complexity index is 490. The van der Waals surface area contributed by atoms with Crippen molar-refractivity contribution < 1.29 is 9.59 Å². The van der Waals surface area contributed by atoms with Gasteiger partial charge in [-0.15, -0.1) is 0 Å². The highest BCUT2D eigenvalue weighted by atomic mass is 16.2. The van der Waals surface area contributed by atoms with E-state index in [0.717, 1.165) is 11.1 Å². The van der Waals surface area contributed by atoms with Gasteiger partial charge in [0.2, 0.25) is 5.91 Å². The van der Waals surface area contributed by atoms with Crippen molar-refractivity contribution >= 4 is 11.9 Å². The molecule has 2 unspecified atom stereocenters. The number of carbonyl (C=O) groups excluding carboxylic acids is 2. The van der Waals surface area contributed by atoms with E-state index in [1.807, 2.05) is 45.2 Å². The minimum atomic E-state index is -0.641. The molecule has 1 aromatic rings. The molecule has 0 bridgehead atoms. The Kier molecular flexibility index (Phi) is 6.68. The van der Waals surface area contributed by atoms with Crippen LogP contribution in [0.1, 0.15) is 30.5 Å². The van der Waals surface area contributed by atoms with E-state index in [2.05, 4.69) is 16.0 Å². The molecule has 0 saturated heterocycles. The van der Waals surface area contributed by atoms with Crippen molar-refractivity contribution in [2.24, 2.45) is 5.73 Å². The SMILES string of the molecule is CNC(C)CNC(=O)CC(NC(N)=O)c1cccc(C)c1. The molecule has 2 atom stereocenters. The van der Waals surface area contributed by atoms with Crippen molar-refractivity contribution in [1.82, 2.24) is 16.0 Å². The molecular weight excluding hydrogens is 268 g/mol. The molecule has 21 heavy (non-hydrogen) atoms. The second kappa shape index (κ2) is 8.26. The van der Waals surface area contributed by atoms with Crippen LogP contribution >= 0.6 is 0 Å². The third kappa shape index (κ3) is 6.27. The second-order valence-corrected chi connectivity index (χ2v) is 5.17. The summed E-state index contributed by atoms with van der Waals surface area (Å²) in [5.41, 5.74) is 7.13. The van der Waals surface area contributed by atoms with Gasteiger partial charge in [0.15, 0.2) is 0 Å². The summed E-state index contributed by atoms with van der Waals surface area (Å²) in [6.45, 7) is 4.46. The number of likely N-dealkylation sites (N-methyl/N-ethyl adjacent to an activating group) is 1. The second-order valence-electron chi connectivity index (χ2n) is 5.17. The highest BCUT2D eigenvalue weighted by Gasteiger charge is 2.17. The number of amides is 3. The summed E-state index contributed by atoms with van der Waals surface area (Å²) in [6.07, 6.45) is 0.156. The van der Waals surface area contributed by atoms with Crippen LogP contribution in [0.3, 0.4) is 0 Å². The van der Waals surface area contributed by atoms with Crippen molar-refractivity contribution in [3.63, 3.8) is 0 Å². The largest absolute Gasteiger partial charge is 0.354 e. The first kappa shape index (κ1) is 17.0. The minimum Gasteiger partial charge on any atom is -0.354 e. The first-order valence-corrected chi connectivity index (χ1v) is 6.99. The normalized spacial score (nSPS) is 13.3. The molecule has 5 N–H and O–H groups in total. The topological polar surface area (TPSA) is 96.2 Å². The maximum absolute atomic E-state index is 12.0. The number of hydrogen-bond acceptors (Lipinski definition) is 3. The van der Waals surface area contributed by atoms with Crippen LogP contribution in [0, 0.1) is 6.92 Å². The fraction of sp³-hybridized carbons (Fsp3) is 0.467. The standard InChI is InChI=1S/C15H24N4O2/c1-10-5-4-6-12(7-10)13(19-15(16)21)8-14(20)18-9-11(2)17-3/h4-7,11,13,17H,8-9H2,1-3H3,(H,18,20)(H3,16,19,21). The lowest BCUT2D eigenvalue weighted by Gasteiger charge is -2.19. The van der Waals surface area contributed by atoms with E-state index >= 15 is 0 Å². The van der Waals surface area contributed by atoms with Gasteiger partial charge in [-0.1, -0.05) is 29.8 Å². The quantitative estimate of drug-likeness (QED) is 0.599. The molecule has 0 aromatic heterocycles. The van der Waals surface area contributed by atoms with E-state index in [4.69, 9.17) is 5.73 Å². The summed E-state index contributed by atoms with van der Waals surface area (Å²) in [7, 11) is 1.83. The van der Waals surface area contributed by atoms with E-state index in [1.165, 1.54) is 0 Å². The molecule has 0 saturated carbocycles. The Morgan fingerprint density at radius 2 is 2.05 bits per heavy atom. The summed E-state index contributed by atoms with van der Waals surface area (Å²) in [5.74, 6) is -0.127. The molecule has 0 radical (unpaired) electrons. The lowest BCUT2D eigenvalue weighted by Crippen LogP contribution is -2.40. The van der Waals surface area contributed by atoms with Crippen LogP contribution in [-0.4, -0.2) is 31.6 Å². The number of urea groups is 1. The predicted molar refractivity (Wildman–Crippen MR) is 82.8 cm³/mol. The van der Waals surface area contributed by atoms with Gasteiger partial charge in [0.05, 0.1) is 12.5 Å². The van der Waals surface area contributed by atoms with Crippen molar-refractivity contribution in [3.05, 3.63) is 35.4 Å². The van der Waals surface area contributed by atoms with Crippen LogP contribution in [0.4, 0.5) is 4.79 Å². The third-order valence-corrected chi connectivity index (χ3v) is 3.25. The van der Waals surface area contributed by atoms with E-state index in [-0.39, 0.29) is 18.4 Å².